The van der Waals surface area contributed by atoms with E-state index in [1.807, 2.05) is 12.2 Å². The van der Waals surface area contributed by atoms with Crippen LogP contribution in [0, 0.1) is 0 Å². The molecule has 0 aliphatic heterocycles. The van der Waals surface area contributed by atoms with Gasteiger partial charge in [0, 0.05) is 12.8 Å². The number of rotatable bonds is 57. The predicted octanol–water partition coefficient (Wildman–Crippen LogP) is 19.4. The number of carbonyl (C=O) groups excluding carboxylic acids is 2. The van der Waals surface area contributed by atoms with Crippen LogP contribution >= 0.6 is 0 Å². The number of allylic oxidation sites excluding steroid dienone is 7. The highest BCUT2D eigenvalue weighted by atomic mass is 16.5. The van der Waals surface area contributed by atoms with Crippen molar-refractivity contribution in [2.24, 2.45) is 0 Å². The molecule has 0 spiro atoms. The van der Waals surface area contributed by atoms with Crippen molar-refractivity contribution < 1.29 is 24.5 Å². The molecule has 0 aromatic rings. The Morgan fingerprint density at radius 2 is 0.729 bits per heavy atom. The van der Waals surface area contributed by atoms with E-state index in [0.29, 0.717) is 25.9 Å². The molecule has 410 valence electrons. The summed E-state index contributed by atoms with van der Waals surface area (Å²) in [7, 11) is 0. The Morgan fingerprint density at radius 1 is 0.400 bits per heavy atom. The molecular formula is C64H119NO5. The van der Waals surface area contributed by atoms with Gasteiger partial charge < -0.3 is 20.3 Å². The van der Waals surface area contributed by atoms with Crippen LogP contribution in [0.3, 0.4) is 0 Å². The van der Waals surface area contributed by atoms with Crippen molar-refractivity contribution in [2.75, 3.05) is 13.2 Å². The first kappa shape index (κ1) is 67.8. The van der Waals surface area contributed by atoms with Crippen LogP contribution in [0.25, 0.3) is 0 Å². The van der Waals surface area contributed by atoms with Crippen molar-refractivity contribution >= 4 is 11.9 Å². The van der Waals surface area contributed by atoms with E-state index in [4.69, 9.17) is 4.74 Å². The van der Waals surface area contributed by atoms with Crippen LogP contribution in [-0.4, -0.2) is 47.4 Å². The van der Waals surface area contributed by atoms with Crippen molar-refractivity contribution in [1.29, 1.82) is 0 Å². The monoisotopic (exact) mass is 982 g/mol. The fourth-order valence-electron chi connectivity index (χ4n) is 9.33. The van der Waals surface area contributed by atoms with Crippen LogP contribution in [-0.2, 0) is 14.3 Å². The van der Waals surface area contributed by atoms with Crippen LogP contribution in [0.2, 0.25) is 0 Å². The van der Waals surface area contributed by atoms with Gasteiger partial charge in [-0.25, -0.2) is 0 Å². The van der Waals surface area contributed by atoms with Crippen LogP contribution in [0.4, 0.5) is 0 Å². The summed E-state index contributed by atoms with van der Waals surface area (Å²) in [5.74, 6) is -0.168. The fraction of sp³-hybridized carbons (Fsp3) is 0.844. The van der Waals surface area contributed by atoms with E-state index in [1.165, 1.54) is 238 Å². The number of aliphatic hydroxyl groups is 2. The lowest BCUT2D eigenvalue weighted by Gasteiger charge is -2.19. The molecule has 0 radical (unpaired) electrons. The molecule has 0 saturated heterocycles. The lowest BCUT2D eigenvalue weighted by atomic mass is 10.0. The van der Waals surface area contributed by atoms with Gasteiger partial charge in [-0.15, -0.1) is 0 Å². The van der Waals surface area contributed by atoms with Gasteiger partial charge in [0.1, 0.15) is 0 Å². The second-order valence-corrected chi connectivity index (χ2v) is 21.0. The van der Waals surface area contributed by atoms with Gasteiger partial charge in [0.2, 0.25) is 5.91 Å². The molecule has 3 N–H and O–H groups in total. The van der Waals surface area contributed by atoms with Gasteiger partial charge in [-0.3, -0.25) is 9.59 Å². The highest BCUT2D eigenvalue weighted by molar-refractivity contribution is 5.76. The van der Waals surface area contributed by atoms with E-state index in [0.717, 1.165) is 51.4 Å². The number of carbonyl (C=O) groups is 2. The largest absolute Gasteiger partial charge is 0.466 e. The highest BCUT2D eigenvalue weighted by Gasteiger charge is 2.17. The van der Waals surface area contributed by atoms with Crippen molar-refractivity contribution in [2.45, 2.75) is 334 Å². The average molecular weight is 983 g/mol. The predicted molar refractivity (Wildman–Crippen MR) is 306 cm³/mol. The number of esters is 1. The van der Waals surface area contributed by atoms with E-state index in [-0.39, 0.29) is 18.5 Å². The third-order valence-electron chi connectivity index (χ3n) is 14.1. The first-order valence-corrected chi connectivity index (χ1v) is 30.9. The minimum Gasteiger partial charge on any atom is -0.466 e. The zero-order valence-electron chi connectivity index (χ0n) is 46.7. The maximum absolute atomic E-state index is 12.5. The van der Waals surface area contributed by atoms with E-state index in [9.17, 15) is 19.8 Å². The smallest absolute Gasteiger partial charge is 0.305 e. The fourth-order valence-corrected chi connectivity index (χ4v) is 9.33. The quantitative estimate of drug-likeness (QED) is 0.0321. The molecule has 1 amide bonds. The number of hydrogen-bond donors (Lipinski definition) is 3. The molecule has 2 unspecified atom stereocenters. The topological polar surface area (TPSA) is 95.9 Å². The number of hydrogen-bond acceptors (Lipinski definition) is 5. The maximum atomic E-state index is 12.5. The van der Waals surface area contributed by atoms with E-state index in [1.54, 1.807) is 6.08 Å². The van der Waals surface area contributed by atoms with Gasteiger partial charge in [0.25, 0.3) is 0 Å². The van der Waals surface area contributed by atoms with Crippen LogP contribution in [0.1, 0.15) is 322 Å². The number of amides is 1. The van der Waals surface area contributed by atoms with Crippen molar-refractivity contribution in [3.8, 4) is 0 Å². The number of aliphatic hydroxyl groups excluding tert-OH is 2. The Hall–Kier alpha value is -2.18. The molecule has 70 heavy (non-hydrogen) atoms. The summed E-state index contributed by atoms with van der Waals surface area (Å²) in [6.45, 7) is 4.85. The SMILES string of the molecule is CCCCCCCC/C=C\CCCCCCCCCC(=O)OCCCCCCCC/C=C\C/C=C\CCC(=O)NC(CO)C(O)/C=C/CCCCCCCCCCCCCCCCCCCCCCC. The van der Waals surface area contributed by atoms with Crippen molar-refractivity contribution in [3.05, 3.63) is 48.6 Å². The molecule has 0 heterocycles. The Labute approximate surface area is 436 Å². The molecule has 0 fully saturated rings. The molecule has 2 atom stereocenters. The molecule has 0 aromatic carbocycles. The third-order valence-corrected chi connectivity index (χ3v) is 14.1. The zero-order valence-corrected chi connectivity index (χ0v) is 46.7. The average Bonchev–Trinajstić information content (AvgIpc) is 3.36. The van der Waals surface area contributed by atoms with Crippen LogP contribution in [0.15, 0.2) is 48.6 Å². The van der Waals surface area contributed by atoms with Gasteiger partial charge >= 0.3 is 5.97 Å². The second kappa shape index (κ2) is 59.4. The maximum Gasteiger partial charge on any atom is 0.305 e. The number of ether oxygens (including phenoxy) is 1. The molecular weight excluding hydrogens is 863 g/mol. The minimum atomic E-state index is -0.881. The summed E-state index contributed by atoms with van der Waals surface area (Å²) in [5, 5.41) is 23.1. The Kier molecular flexibility index (Phi) is 57.5. The molecule has 0 aliphatic rings. The highest BCUT2D eigenvalue weighted by Crippen LogP contribution is 2.17. The minimum absolute atomic E-state index is 0.0216. The summed E-state index contributed by atoms with van der Waals surface area (Å²) < 4.78 is 5.47. The molecule has 0 rings (SSSR count). The van der Waals surface area contributed by atoms with Crippen LogP contribution in [0.5, 0.6) is 0 Å². The molecule has 0 aromatic heterocycles. The van der Waals surface area contributed by atoms with Gasteiger partial charge in [0.05, 0.1) is 25.4 Å². The number of unbranched alkanes of at least 4 members (excludes halogenated alkanes) is 40. The normalized spacial score (nSPS) is 12.9. The number of nitrogens with one attached hydrogen (secondary N) is 1. The molecule has 0 aliphatic carbocycles. The van der Waals surface area contributed by atoms with E-state index < -0.39 is 12.1 Å². The Morgan fingerprint density at radius 3 is 1.13 bits per heavy atom. The standard InChI is InChI=1S/C64H119NO5/c1-3-5-7-9-11-13-15-17-19-21-22-23-24-25-26-28-29-32-36-40-44-48-52-56-62(67)61(60-66)65-63(68)57-53-49-45-41-37-33-31-35-39-43-47-51-55-59-70-64(69)58-54-50-46-42-38-34-30-27-20-18-16-14-12-10-8-6-4-2/h18,20,33,37,45,49,52,56,61-62,66-67H,3-17,19,21-32,34-36,38-44,46-48,50-51,53-55,57-60H2,1-2H3,(H,65,68)/b20-18-,37-33-,49-45-,56-52+. The molecule has 0 bridgehead atoms. The van der Waals surface area contributed by atoms with Gasteiger partial charge in [-0.2, -0.15) is 0 Å². The molecule has 6 nitrogen and oxygen atoms in total. The Bertz CT molecular complexity index is 1180. The van der Waals surface area contributed by atoms with Crippen molar-refractivity contribution in [3.63, 3.8) is 0 Å². The van der Waals surface area contributed by atoms with E-state index in [2.05, 4.69) is 49.5 Å². The summed E-state index contributed by atoms with van der Waals surface area (Å²) >= 11 is 0. The first-order chi connectivity index (χ1) is 34.5. The first-order valence-electron chi connectivity index (χ1n) is 30.9. The molecule has 0 saturated carbocycles. The zero-order chi connectivity index (χ0) is 50.7. The van der Waals surface area contributed by atoms with Gasteiger partial charge in [-0.1, -0.05) is 281 Å². The van der Waals surface area contributed by atoms with E-state index >= 15 is 0 Å². The van der Waals surface area contributed by atoms with Gasteiger partial charge in [0.15, 0.2) is 0 Å². The van der Waals surface area contributed by atoms with Crippen molar-refractivity contribution in [1.82, 2.24) is 5.32 Å². The lowest BCUT2D eigenvalue weighted by molar-refractivity contribution is -0.143. The Balaban J connectivity index is 3.56. The van der Waals surface area contributed by atoms with Crippen LogP contribution < -0.4 is 5.32 Å². The molecule has 6 heteroatoms. The summed E-state index contributed by atoms with van der Waals surface area (Å²) in [6, 6.07) is -0.674. The lowest BCUT2D eigenvalue weighted by Crippen LogP contribution is -2.45. The summed E-state index contributed by atoms with van der Waals surface area (Å²) in [4.78, 5) is 24.5. The summed E-state index contributed by atoms with van der Waals surface area (Å²) in [6.07, 6.45) is 75.9. The van der Waals surface area contributed by atoms with Gasteiger partial charge in [-0.05, 0) is 77.0 Å². The third kappa shape index (κ3) is 55.1. The second-order valence-electron chi connectivity index (χ2n) is 21.0. The summed E-state index contributed by atoms with van der Waals surface area (Å²) in [5.41, 5.74) is 0.